The van der Waals surface area contributed by atoms with E-state index in [1.165, 1.54) is 5.56 Å². The molecule has 1 aromatic carbocycles. The van der Waals surface area contributed by atoms with Crippen LogP contribution in [0.25, 0.3) is 11.3 Å². The SMILES string of the molecule is COCCCNC(=O)c1ccc(-c2ccc(C)cc2)nc1C. The zero-order chi connectivity index (χ0) is 15.9. The summed E-state index contributed by atoms with van der Waals surface area (Å²) in [4.78, 5) is 16.7. The van der Waals surface area contributed by atoms with Gasteiger partial charge in [0.1, 0.15) is 0 Å². The predicted molar refractivity (Wildman–Crippen MR) is 88.0 cm³/mol. The van der Waals surface area contributed by atoms with Gasteiger partial charge in [0.25, 0.3) is 5.91 Å². The van der Waals surface area contributed by atoms with Crippen molar-refractivity contribution in [2.45, 2.75) is 20.3 Å². The molecule has 0 aliphatic carbocycles. The van der Waals surface area contributed by atoms with Crippen molar-refractivity contribution in [3.05, 3.63) is 53.2 Å². The van der Waals surface area contributed by atoms with Crippen molar-refractivity contribution < 1.29 is 9.53 Å². The fraction of sp³-hybridized carbons (Fsp3) is 0.333. The molecule has 1 heterocycles. The van der Waals surface area contributed by atoms with Gasteiger partial charge < -0.3 is 10.1 Å². The van der Waals surface area contributed by atoms with Crippen molar-refractivity contribution in [3.8, 4) is 11.3 Å². The Kier molecular flexibility index (Phi) is 5.67. The molecular formula is C18H22N2O2. The minimum atomic E-state index is -0.0865. The third kappa shape index (κ3) is 4.15. The van der Waals surface area contributed by atoms with Crippen LogP contribution in [0.1, 0.15) is 28.0 Å². The van der Waals surface area contributed by atoms with E-state index in [4.69, 9.17) is 4.74 Å². The van der Waals surface area contributed by atoms with Gasteiger partial charge in [-0.05, 0) is 32.4 Å². The van der Waals surface area contributed by atoms with Gasteiger partial charge in [-0.3, -0.25) is 9.78 Å². The van der Waals surface area contributed by atoms with Gasteiger partial charge in [-0.25, -0.2) is 0 Å². The summed E-state index contributed by atoms with van der Waals surface area (Å²) in [5.74, 6) is -0.0865. The molecule has 1 N–H and O–H groups in total. The molecule has 0 unspecified atom stereocenters. The van der Waals surface area contributed by atoms with Gasteiger partial charge in [0.05, 0.1) is 17.0 Å². The molecule has 0 aliphatic heterocycles. The highest BCUT2D eigenvalue weighted by atomic mass is 16.5. The van der Waals surface area contributed by atoms with Gasteiger partial charge >= 0.3 is 0 Å². The van der Waals surface area contributed by atoms with Gasteiger partial charge in [-0.1, -0.05) is 29.8 Å². The Hall–Kier alpha value is -2.20. The molecule has 0 aliphatic rings. The number of hydrogen-bond donors (Lipinski definition) is 1. The molecule has 116 valence electrons. The van der Waals surface area contributed by atoms with Crippen molar-refractivity contribution in [3.63, 3.8) is 0 Å². The summed E-state index contributed by atoms with van der Waals surface area (Å²) in [6, 6.07) is 11.9. The lowest BCUT2D eigenvalue weighted by molar-refractivity contribution is 0.0947. The minimum Gasteiger partial charge on any atom is -0.385 e. The molecule has 1 amide bonds. The number of hydrogen-bond acceptors (Lipinski definition) is 3. The van der Waals surface area contributed by atoms with Crippen LogP contribution in [-0.4, -0.2) is 31.2 Å². The van der Waals surface area contributed by atoms with Gasteiger partial charge in [0.15, 0.2) is 0 Å². The number of ether oxygens (including phenoxy) is 1. The Morgan fingerprint density at radius 2 is 1.86 bits per heavy atom. The van der Waals surface area contributed by atoms with E-state index in [1.807, 2.05) is 31.2 Å². The summed E-state index contributed by atoms with van der Waals surface area (Å²) in [6.45, 7) is 5.16. The zero-order valence-corrected chi connectivity index (χ0v) is 13.3. The second-order valence-electron chi connectivity index (χ2n) is 5.30. The van der Waals surface area contributed by atoms with Crippen LogP contribution < -0.4 is 5.32 Å². The van der Waals surface area contributed by atoms with Crippen LogP contribution in [0.5, 0.6) is 0 Å². The van der Waals surface area contributed by atoms with E-state index in [1.54, 1.807) is 7.11 Å². The summed E-state index contributed by atoms with van der Waals surface area (Å²) in [7, 11) is 1.65. The zero-order valence-electron chi connectivity index (χ0n) is 13.3. The number of carbonyl (C=O) groups excluding carboxylic acids is 1. The first-order valence-corrected chi connectivity index (χ1v) is 7.43. The molecule has 22 heavy (non-hydrogen) atoms. The monoisotopic (exact) mass is 298 g/mol. The molecule has 0 bridgehead atoms. The fourth-order valence-electron chi connectivity index (χ4n) is 2.20. The first kappa shape index (κ1) is 16.2. The highest BCUT2D eigenvalue weighted by molar-refractivity contribution is 5.95. The molecule has 2 rings (SSSR count). The van der Waals surface area contributed by atoms with Gasteiger partial charge in [0.2, 0.25) is 0 Å². The number of aryl methyl sites for hydroxylation is 2. The molecule has 4 heteroatoms. The first-order valence-electron chi connectivity index (χ1n) is 7.43. The number of nitrogens with one attached hydrogen (secondary N) is 1. The Morgan fingerprint density at radius 3 is 2.50 bits per heavy atom. The van der Waals surface area contributed by atoms with E-state index in [0.717, 1.165) is 23.4 Å². The minimum absolute atomic E-state index is 0.0865. The van der Waals surface area contributed by atoms with E-state index in [-0.39, 0.29) is 5.91 Å². The molecule has 1 aromatic heterocycles. The van der Waals surface area contributed by atoms with Crippen molar-refractivity contribution >= 4 is 5.91 Å². The maximum absolute atomic E-state index is 12.1. The summed E-state index contributed by atoms with van der Waals surface area (Å²) in [6.07, 6.45) is 0.802. The molecule has 4 nitrogen and oxygen atoms in total. The second kappa shape index (κ2) is 7.71. The average Bonchev–Trinajstić information content (AvgIpc) is 2.52. The van der Waals surface area contributed by atoms with Gasteiger partial charge in [-0.15, -0.1) is 0 Å². The molecular weight excluding hydrogens is 276 g/mol. The molecule has 0 fully saturated rings. The summed E-state index contributed by atoms with van der Waals surface area (Å²) >= 11 is 0. The number of pyridine rings is 1. The van der Waals surface area contributed by atoms with Crippen molar-refractivity contribution in [2.24, 2.45) is 0 Å². The molecule has 2 aromatic rings. The molecule has 0 spiro atoms. The second-order valence-corrected chi connectivity index (χ2v) is 5.30. The first-order chi connectivity index (χ1) is 10.6. The van der Waals surface area contributed by atoms with Crippen LogP contribution in [-0.2, 0) is 4.74 Å². The number of rotatable bonds is 6. The third-order valence-electron chi connectivity index (χ3n) is 3.49. The number of carbonyl (C=O) groups is 1. The maximum atomic E-state index is 12.1. The summed E-state index contributed by atoms with van der Waals surface area (Å²) < 4.78 is 4.96. The molecule has 0 radical (unpaired) electrons. The highest BCUT2D eigenvalue weighted by Crippen LogP contribution is 2.19. The number of nitrogens with zero attached hydrogens (tertiary/aromatic N) is 1. The Labute approximate surface area is 131 Å². The maximum Gasteiger partial charge on any atom is 0.253 e. The largest absolute Gasteiger partial charge is 0.385 e. The molecule has 0 atom stereocenters. The quantitative estimate of drug-likeness (QED) is 0.834. The van der Waals surface area contributed by atoms with Crippen LogP contribution in [0.15, 0.2) is 36.4 Å². The average molecular weight is 298 g/mol. The Bertz CT molecular complexity index is 636. The van der Waals surface area contributed by atoms with E-state index < -0.39 is 0 Å². The van der Waals surface area contributed by atoms with E-state index in [0.29, 0.717) is 18.7 Å². The Balaban J connectivity index is 2.09. The van der Waals surface area contributed by atoms with Crippen LogP contribution in [0.2, 0.25) is 0 Å². The molecule has 0 saturated carbocycles. The van der Waals surface area contributed by atoms with Crippen LogP contribution in [0, 0.1) is 13.8 Å². The molecule has 0 saturated heterocycles. The van der Waals surface area contributed by atoms with Crippen molar-refractivity contribution in [2.75, 3.05) is 20.3 Å². The fourth-order valence-corrected chi connectivity index (χ4v) is 2.20. The smallest absolute Gasteiger partial charge is 0.253 e. The van der Waals surface area contributed by atoms with E-state index >= 15 is 0 Å². The third-order valence-corrected chi connectivity index (χ3v) is 3.49. The van der Waals surface area contributed by atoms with Crippen LogP contribution in [0.3, 0.4) is 0 Å². The summed E-state index contributed by atoms with van der Waals surface area (Å²) in [5.41, 5.74) is 4.51. The lowest BCUT2D eigenvalue weighted by atomic mass is 10.1. The number of aromatic nitrogens is 1. The lowest BCUT2D eigenvalue weighted by Crippen LogP contribution is -2.26. The Morgan fingerprint density at radius 1 is 1.14 bits per heavy atom. The van der Waals surface area contributed by atoms with Crippen molar-refractivity contribution in [1.82, 2.24) is 10.3 Å². The van der Waals surface area contributed by atoms with Crippen LogP contribution in [0.4, 0.5) is 0 Å². The predicted octanol–water partition coefficient (Wildman–Crippen LogP) is 3.13. The van der Waals surface area contributed by atoms with E-state index in [9.17, 15) is 4.79 Å². The summed E-state index contributed by atoms with van der Waals surface area (Å²) in [5, 5.41) is 2.88. The van der Waals surface area contributed by atoms with E-state index in [2.05, 4.69) is 29.4 Å². The standard InChI is InChI=1S/C18H22N2O2/c1-13-5-7-15(8-6-13)17-10-9-16(14(2)20-17)18(21)19-11-4-12-22-3/h5-10H,4,11-12H2,1-3H3,(H,19,21). The topological polar surface area (TPSA) is 51.2 Å². The van der Waals surface area contributed by atoms with Crippen molar-refractivity contribution in [1.29, 1.82) is 0 Å². The normalized spacial score (nSPS) is 10.5. The van der Waals surface area contributed by atoms with Crippen LogP contribution >= 0.6 is 0 Å². The number of amides is 1. The highest BCUT2D eigenvalue weighted by Gasteiger charge is 2.10. The van der Waals surface area contributed by atoms with Gasteiger partial charge in [-0.2, -0.15) is 0 Å². The van der Waals surface area contributed by atoms with Gasteiger partial charge in [0, 0.05) is 25.8 Å². The number of methoxy groups -OCH3 is 1. The number of benzene rings is 1. The lowest BCUT2D eigenvalue weighted by Gasteiger charge is -2.09.